The molecule has 0 atom stereocenters. The zero-order valence-corrected chi connectivity index (χ0v) is 11.2. The Hall–Kier alpha value is -2.07. The van der Waals surface area contributed by atoms with E-state index >= 15 is 0 Å². The Balaban J connectivity index is 2.39. The molecule has 19 heavy (non-hydrogen) atoms. The molecule has 5 heteroatoms. The maximum Gasteiger partial charge on any atom is 0.356 e. The monoisotopic (exact) mass is 277 g/mol. The second-order valence-corrected chi connectivity index (χ2v) is 4.52. The lowest BCUT2D eigenvalue weighted by Gasteiger charge is -2.11. The van der Waals surface area contributed by atoms with Gasteiger partial charge in [-0.05, 0) is 31.0 Å². The second kappa shape index (κ2) is 5.28. The van der Waals surface area contributed by atoms with Crippen LogP contribution in [0.3, 0.4) is 0 Å². The molecule has 0 saturated heterocycles. The normalized spacial score (nSPS) is 10.3. The molecule has 0 fully saturated rings. The van der Waals surface area contributed by atoms with Crippen molar-refractivity contribution >= 4 is 17.6 Å². The van der Waals surface area contributed by atoms with Gasteiger partial charge in [0.1, 0.15) is 5.75 Å². The van der Waals surface area contributed by atoms with Crippen LogP contribution in [0.2, 0.25) is 5.02 Å². The Bertz CT molecular complexity index is 620. The number of aromatic nitrogens is 1. The van der Waals surface area contributed by atoms with Crippen LogP contribution < -0.4 is 4.74 Å². The molecular formula is C14H12ClNO3. The van der Waals surface area contributed by atoms with Gasteiger partial charge in [-0.2, -0.15) is 0 Å². The maximum atomic E-state index is 11.0. The second-order valence-electron chi connectivity index (χ2n) is 4.11. The Morgan fingerprint density at radius 2 is 1.84 bits per heavy atom. The number of rotatable bonds is 3. The van der Waals surface area contributed by atoms with E-state index in [4.69, 9.17) is 21.4 Å². The summed E-state index contributed by atoms with van der Waals surface area (Å²) in [5.74, 6) is -0.301. The number of para-hydroxylation sites is 1. The van der Waals surface area contributed by atoms with E-state index in [2.05, 4.69) is 4.98 Å². The molecule has 1 aromatic carbocycles. The molecule has 0 unspecified atom stereocenters. The summed E-state index contributed by atoms with van der Waals surface area (Å²) in [7, 11) is 0. The van der Waals surface area contributed by atoms with Gasteiger partial charge in [0.2, 0.25) is 5.88 Å². The Morgan fingerprint density at radius 1 is 1.21 bits per heavy atom. The maximum absolute atomic E-state index is 11.0. The zero-order chi connectivity index (χ0) is 14.0. The van der Waals surface area contributed by atoms with E-state index in [0.717, 1.165) is 11.1 Å². The molecule has 0 spiro atoms. The van der Waals surface area contributed by atoms with Crippen molar-refractivity contribution < 1.29 is 14.6 Å². The van der Waals surface area contributed by atoms with Crippen molar-refractivity contribution in [2.75, 3.05) is 0 Å². The first-order valence-electron chi connectivity index (χ1n) is 5.63. The quantitative estimate of drug-likeness (QED) is 0.926. The van der Waals surface area contributed by atoms with Crippen LogP contribution in [-0.2, 0) is 0 Å². The highest BCUT2D eigenvalue weighted by molar-refractivity contribution is 6.33. The molecule has 0 saturated carbocycles. The molecule has 0 amide bonds. The summed E-state index contributed by atoms with van der Waals surface area (Å²) in [6.07, 6.45) is 0. The highest BCUT2D eigenvalue weighted by Gasteiger charge is 2.13. The summed E-state index contributed by atoms with van der Waals surface area (Å²) in [5.41, 5.74) is 1.69. The average molecular weight is 278 g/mol. The molecule has 0 aliphatic carbocycles. The van der Waals surface area contributed by atoms with Crippen LogP contribution in [0, 0.1) is 13.8 Å². The highest BCUT2D eigenvalue weighted by Crippen LogP contribution is 2.28. The van der Waals surface area contributed by atoms with E-state index < -0.39 is 5.97 Å². The number of hydrogen-bond acceptors (Lipinski definition) is 3. The standard InChI is InChI=1S/C14H12ClNO3/c1-8-4-3-5-9(2)13(8)19-11-7-6-10(15)12(16-11)14(17)18/h3-7H,1-2H3,(H,17,18). The summed E-state index contributed by atoms with van der Waals surface area (Å²) < 4.78 is 5.65. The van der Waals surface area contributed by atoms with Crippen LogP contribution in [0.5, 0.6) is 11.6 Å². The number of aromatic carboxylic acids is 1. The lowest BCUT2D eigenvalue weighted by Crippen LogP contribution is -2.03. The van der Waals surface area contributed by atoms with Gasteiger partial charge in [0.25, 0.3) is 0 Å². The number of pyridine rings is 1. The Labute approximate surface area is 115 Å². The molecular weight excluding hydrogens is 266 g/mol. The number of hydrogen-bond donors (Lipinski definition) is 1. The number of halogens is 1. The first-order valence-corrected chi connectivity index (χ1v) is 6.00. The van der Waals surface area contributed by atoms with Crippen molar-refractivity contribution in [3.8, 4) is 11.6 Å². The number of benzene rings is 1. The third-order valence-corrected chi connectivity index (χ3v) is 2.94. The molecule has 0 aliphatic rings. The van der Waals surface area contributed by atoms with E-state index in [1.807, 2.05) is 32.0 Å². The van der Waals surface area contributed by atoms with E-state index in [1.165, 1.54) is 6.07 Å². The van der Waals surface area contributed by atoms with Crippen molar-refractivity contribution in [3.05, 3.63) is 52.2 Å². The number of ether oxygens (including phenoxy) is 1. The minimum Gasteiger partial charge on any atom is -0.476 e. The van der Waals surface area contributed by atoms with Gasteiger partial charge in [0.15, 0.2) is 5.69 Å². The third-order valence-electron chi connectivity index (χ3n) is 2.64. The van der Waals surface area contributed by atoms with Gasteiger partial charge in [0.05, 0.1) is 5.02 Å². The average Bonchev–Trinajstić information content (AvgIpc) is 2.35. The smallest absolute Gasteiger partial charge is 0.356 e. The molecule has 1 N–H and O–H groups in total. The molecule has 2 rings (SSSR count). The van der Waals surface area contributed by atoms with Gasteiger partial charge >= 0.3 is 5.97 Å². The van der Waals surface area contributed by atoms with Gasteiger partial charge in [0, 0.05) is 6.07 Å². The zero-order valence-electron chi connectivity index (χ0n) is 10.5. The SMILES string of the molecule is Cc1cccc(C)c1Oc1ccc(Cl)c(C(=O)O)n1. The third kappa shape index (κ3) is 2.85. The molecule has 1 heterocycles. The first kappa shape index (κ1) is 13.4. The minimum absolute atomic E-state index is 0.0846. The highest BCUT2D eigenvalue weighted by atomic mass is 35.5. The van der Waals surface area contributed by atoms with Crippen LogP contribution in [0.1, 0.15) is 21.6 Å². The first-order chi connectivity index (χ1) is 8.99. The summed E-state index contributed by atoms with van der Waals surface area (Å²) in [5, 5.41) is 9.05. The molecule has 1 aromatic heterocycles. The Kier molecular flexibility index (Phi) is 3.71. The van der Waals surface area contributed by atoms with Crippen molar-refractivity contribution in [2.45, 2.75) is 13.8 Å². The van der Waals surface area contributed by atoms with Crippen molar-refractivity contribution in [3.63, 3.8) is 0 Å². The number of carbonyl (C=O) groups is 1. The fourth-order valence-electron chi connectivity index (χ4n) is 1.70. The topological polar surface area (TPSA) is 59.4 Å². The van der Waals surface area contributed by atoms with Gasteiger partial charge in [-0.1, -0.05) is 29.8 Å². The predicted molar refractivity (Wildman–Crippen MR) is 72.2 cm³/mol. The fraction of sp³-hybridized carbons (Fsp3) is 0.143. The van der Waals surface area contributed by atoms with Crippen LogP contribution in [0.15, 0.2) is 30.3 Å². The van der Waals surface area contributed by atoms with Gasteiger partial charge in [-0.15, -0.1) is 0 Å². The van der Waals surface area contributed by atoms with E-state index in [-0.39, 0.29) is 16.6 Å². The molecule has 98 valence electrons. The number of carboxylic acid groups (broad SMARTS) is 1. The van der Waals surface area contributed by atoms with Gasteiger partial charge < -0.3 is 9.84 Å². The van der Waals surface area contributed by atoms with Crippen LogP contribution in [0.4, 0.5) is 0 Å². The molecule has 2 aromatic rings. The van der Waals surface area contributed by atoms with E-state index in [0.29, 0.717) is 5.75 Å². The number of nitrogens with zero attached hydrogens (tertiary/aromatic N) is 1. The van der Waals surface area contributed by atoms with Crippen LogP contribution in [-0.4, -0.2) is 16.1 Å². The minimum atomic E-state index is -1.18. The lowest BCUT2D eigenvalue weighted by atomic mass is 10.1. The van der Waals surface area contributed by atoms with Crippen molar-refractivity contribution in [2.24, 2.45) is 0 Å². The molecule has 0 aliphatic heterocycles. The molecule has 0 radical (unpaired) electrons. The summed E-state index contributed by atoms with van der Waals surface area (Å²) in [6, 6.07) is 8.75. The molecule has 0 bridgehead atoms. The number of aryl methyl sites for hydroxylation is 2. The molecule has 4 nitrogen and oxygen atoms in total. The largest absolute Gasteiger partial charge is 0.476 e. The van der Waals surface area contributed by atoms with Crippen molar-refractivity contribution in [1.82, 2.24) is 4.98 Å². The predicted octanol–water partition coefficient (Wildman–Crippen LogP) is 3.84. The Morgan fingerprint density at radius 3 is 2.42 bits per heavy atom. The van der Waals surface area contributed by atoms with Crippen LogP contribution in [0.25, 0.3) is 0 Å². The summed E-state index contributed by atoms with van der Waals surface area (Å²) in [6.45, 7) is 3.83. The van der Waals surface area contributed by atoms with Gasteiger partial charge in [-0.3, -0.25) is 0 Å². The van der Waals surface area contributed by atoms with Crippen molar-refractivity contribution in [1.29, 1.82) is 0 Å². The summed E-state index contributed by atoms with van der Waals surface area (Å²) >= 11 is 5.76. The van der Waals surface area contributed by atoms with Gasteiger partial charge in [-0.25, -0.2) is 9.78 Å². The number of carboxylic acids is 1. The summed E-state index contributed by atoms with van der Waals surface area (Å²) in [4.78, 5) is 14.9. The van der Waals surface area contributed by atoms with E-state index in [1.54, 1.807) is 6.07 Å². The van der Waals surface area contributed by atoms with E-state index in [9.17, 15) is 4.79 Å². The van der Waals surface area contributed by atoms with Crippen LogP contribution >= 0.6 is 11.6 Å². The lowest BCUT2D eigenvalue weighted by molar-refractivity contribution is 0.0690. The fourth-order valence-corrected chi connectivity index (χ4v) is 1.88.